The zero-order valence-electron chi connectivity index (χ0n) is 7.66. The van der Waals surface area contributed by atoms with E-state index in [2.05, 4.69) is 4.98 Å². The predicted octanol–water partition coefficient (Wildman–Crippen LogP) is 1.42. The summed E-state index contributed by atoms with van der Waals surface area (Å²) in [5, 5.41) is 9.64. The van der Waals surface area contributed by atoms with E-state index < -0.39 is 12.1 Å². The summed E-state index contributed by atoms with van der Waals surface area (Å²) in [6.45, 7) is 3.53. The van der Waals surface area contributed by atoms with Gasteiger partial charge in [0.05, 0.1) is 12.1 Å². The van der Waals surface area contributed by atoms with E-state index in [1.807, 2.05) is 13.0 Å². The largest absolute Gasteiger partial charge is 0.391 e. The molecule has 0 aromatic carbocycles. The third-order valence-corrected chi connectivity index (χ3v) is 2.20. The second-order valence-corrected chi connectivity index (χ2v) is 3.52. The maximum atomic E-state index is 9.28. The molecule has 0 saturated carbocycles. The standard InChI is InChI=1S/C9H13ClN2O/c1-5-3-7(8(11)6(2)13)9(10)12-4-5/h3-4,6,8,13H,11H2,1-2H3/t6-,8-/m1/s1. The normalized spacial score (nSPS) is 15.5. The summed E-state index contributed by atoms with van der Waals surface area (Å²) in [7, 11) is 0. The van der Waals surface area contributed by atoms with Gasteiger partial charge in [-0.05, 0) is 25.5 Å². The van der Waals surface area contributed by atoms with Crippen molar-refractivity contribution in [3.05, 3.63) is 28.5 Å². The summed E-state index contributed by atoms with van der Waals surface area (Å²) >= 11 is 5.83. The Morgan fingerprint density at radius 3 is 2.77 bits per heavy atom. The lowest BCUT2D eigenvalue weighted by Gasteiger charge is -2.16. The number of pyridine rings is 1. The molecule has 2 atom stereocenters. The Kier molecular flexibility index (Phi) is 3.25. The molecule has 0 aliphatic heterocycles. The molecule has 1 aromatic rings. The van der Waals surface area contributed by atoms with Crippen molar-refractivity contribution in [3.63, 3.8) is 0 Å². The third kappa shape index (κ3) is 2.40. The van der Waals surface area contributed by atoms with Crippen molar-refractivity contribution in [2.45, 2.75) is 26.0 Å². The first-order valence-electron chi connectivity index (χ1n) is 4.08. The molecule has 0 bridgehead atoms. The molecule has 0 saturated heterocycles. The van der Waals surface area contributed by atoms with Gasteiger partial charge in [-0.25, -0.2) is 4.98 Å². The van der Waals surface area contributed by atoms with Gasteiger partial charge in [-0.1, -0.05) is 11.6 Å². The fourth-order valence-electron chi connectivity index (χ4n) is 1.07. The summed E-state index contributed by atoms with van der Waals surface area (Å²) in [6.07, 6.45) is 1.04. The summed E-state index contributed by atoms with van der Waals surface area (Å²) in [5.41, 5.74) is 7.41. The topological polar surface area (TPSA) is 59.1 Å². The number of nitrogens with zero attached hydrogens (tertiary/aromatic N) is 1. The molecule has 0 aliphatic carbocycles. The van der Waals surface area contributed by atoms with E-state index in [1.54, 1.807) is 13.1 Å². The van der Waals surface area contributed by atoms with E-state index in [0.29, 0.717) is 10.7 Å². The Morgan fingerprint density at radius 2 is 2.23 bits per heavy atom. The van der Waals surface area contributed by atoms with Gasteiger partial charge in [0.1, 0.15) is 5.15 Å². The molecule has 3 nitrogen and oxygen atoms in total. The van der Waals surface area contributed by atoms with Gasteiger partial charge < -0.3 is 10.8 Å². The van der Waals surface area contributed by atoms with E-state index in [0.717, 1.165) is 5.56 Å². The maximum Gasteiger partial charge on any atom is 0.133 e. The van der Waals surface area contributed by atoms with Gasteiger partial charge in [0.15, 0.2) is 0 Å². The second kappa shape index (κ2) is 4.05. The smallest absolute Gasteiger partial charge is 0.133 e. The Labute approximate surface area is 82.5 Å². The molecule has 0 amide bonds. The van der Waals surface area contributed by atoms with Crippen LogP contribution >= 0.6 is 11.6 Å². The monoisotopic (exact) mass is 200 g/mol. The van der Waals surface area contributed by atoms with Gasteiger partial charge in [-0.3, -0.25) is 0 Å². The Balaban J connectivity index is 3.05. The maximum absolute atomic E-state index is 9.28. The zero-order valence-corrected chi connectivity index (χ0v) is 8.42. The van der Waals surface area contributed by atoms with Crippen molar-refractivity contribution in [3.8, 4) is 0 Å². The zero-order chi connectivity index (χ0) is 10.0. The molecular weight excluding hydrogens is 188 g/mol. The van der Waals surface area contributed by atoms with Crippen LogP contribution < -0.4 is 5.73 Å². The minimum absolute atomic E-state index is 0.360. The van der Waals surface area contributed by atoms with Gasteiger partial charge in [-0.15, -0.1) is 0 Å². The molecule has 72 valence electrons. The minimum Gasteiger partial charge on any atom is -0.391 e. The lowest BCUT2D eigenvalue weighted by atomic mass is 10.0. The molecule has 0 radical (unpaired) electrons. The van der Waals surface area contributed by atoms with Crippen molar-refractivity contribution in [1.82, 2.24) is 4.98 Å². The van der Waals surface area contributed by atoms with Crippen LogP contribution in [0.25, 0.3) is 0 Å². The highest BCUT2D eigenvalue weighted by Crippen LogP contribution is 2.22. The molecule has 1 aromatic heterocycles. The quantitative estimate of drug-likeness (QED) is 0.710. The first-order chi connectivity index (χ1) is 6.02. The molecule has 0 spiro atoms. The van der Waals surface area contributed by atoms with E-state index in [1.165, 1.54) is 0 Å². The summed E-state index contributed by atoms with van der Waals surface area (Å²) in [6, 6.07) is 1.37. The van der Waals surface area contributed by atoms with Crippen molar-refractivity contribution >= 4 is 11.6 Å². The number of aromatic nitrogens is 1. The number of aryl methyl sites for hydroxylation is 1. The van der Waals surface area contributed by atoms with Crippen molar-refractivity contribution in [2.24, 2.45) is 5.73 Å². The first kappa shape index (κ1) is 10.4. The Bertz CT molecular complexity index is 302. The number of nitrogens with two attached hydrogens (primary N) is 1. The average molecular weight is 201 g/mol. The molecule has 3 N–H and O–H groups in total. The average Bonchev–Trinajstić information content (AvgIpc) is 2.08. The van der Waals surface area contributed by atoms with Crippen molar-refractivity contribution in [1.29, 1.82) is 0 Å². The number of aliphatic hydroxyl groups excluding tert-OH is 1. The number of hydrogen-bond donors (Lipinski definition) is 2. The molecule has 13 heavy (non-hydrogen) atoms. The Morgan fingerprint density at radius 1 is 1.62 bits per heavy atom. The fourth-order valence-corrected chi connectivity index (χ4v) is 1.30. The van der Waals surface area contributed by atoms with Crippen molar-refractivity contribution < 1.29 is 5.11 Å². The van der Waals surface area contributed by atoms with Crippen LogP contribution in [0.4, 0.5) is 0 Å². The minimum atomic E-state index is -0.624. The van der Waals surface area contributed by atoms with Crippen molar-refractivity contribution in [2.75, 3.05) is 0 Å². The molecule has 1 heterocycles. The third-order valence-electron chi connectivity index (χ3n) is 1.88. The van der Waals surface area contributed by atoms with Crippen LogP contribution in [0.2, 0.25) is 5.15 Å². The molecule has 0 fully saturated rings. The number of rotatable bonds is 2. The molecule has 1 rings (SSSR count). The van der Waals surface area contributed by atoms with E-state index in [-0.39, 0.29) is 0 Å². The van der Waals surface area contributed by atoms with Gasteiger partial charge in [0, 0.05) is 11.8 Å². The van der Waals surface area contributed by atoms with Gasteiger partial charge >= 0.3 is 0 Å². The lowest BCUT2D eigenvalue weighted by Crippen LogP contribution is -2.23. The van der Waals surface area contributed by atoms with Crippen LogP contribution in [0.15, 0.2) is 12.3 Å². The first-order valence-corrected chi connectivity index (χ1v) is 4.46. The molecule has 0 aliphatic rings. The highest BCUT2D eigenvalue weighted by atomic mass is 35.5. The van der Waals surface area contributed by atoms with Crippen LogP contribution in [0.1, 0.15) is 24.1 Å². The Hall–Kier alpha value is -0.640. The molecular formula is C9H13ClN2O. The summed E-state index contributed by atoms with van der Waals surface area (Å²) < 4.78 is 0. The van der Waals surface area contributed by atoms with Crippen LogP contribution in [0, 0.1) is 6.92 Å². The van der Waals surface area contributed by atoms with Crippen LogP contribution in [0.3, 0.4) is 0 Å². The second-order valence-electron chi connectivity index (χ2n) is 3.16. The van der Waals surface area contributed by atoms with Crippen LogP contribution in [-0.4, -0.2) is 16.2 Å². The molecule has 4 heteroatoms. The van der Waals surface area contributed by atoms with Crippen LogP contribution in [-0.2, 0) is 0 Å². The van der Waals surface area contributed by atoms with E-state index >= 15 is 0 Å². The highest BCUT2D eigenvalue weighted by Gasteiger charge is 2.15. The van der Waals surface area contributed by atoms with Gasteiger partial charge in [0.25, 0.3) is 0 Å². The summed E-state index contributed by atoms with van der Waals surface area (Å²) in [4.78, 5) is 3.96. The van der Waals surface area contributed by atoms with Gasteiger partial charge in [-0.2, -0.15) is 0 Å². The summed E-state index contributed by atoms with van der Waals surface area (Å²) in [5.74, 6) is 0. The number of aliphatic hydroxyl groups is 1. The van der Waals surface area contributed by atoms with E-state index in [4.69, 9.17) is 17.3 Å². The number of halogens is 1. The van der Waals surface area contributed by atoms with Crippen LogP contribution in [0.5, 0.6) is 0 Å². The molecule has 0 unspecified atom stereocenters. The van der Waals surface area contributed by atoms with Gasteiger partial charge in [0.2, 0.25) is 0 Å². The predicted molar refractivity (Wildman–Crippen MR) is 52.6 cm³/mol. The van der Waals surface area contributed by atoms with E-state index in [9.17, 15) is 5.11 Å². The SMILES string of the molecule is Cc1cnc(Cl)c([C@H](N)[C@@H](C)O)c1. The lowest BCUT2D eigenvalue weighted by molar-refractivity contribution is 0.164. The number of hydrogen-bond acceptors (Lipinski definition) is 3. The fraction of sp³-hybridized carbons (Fsp3) is 0.444. The highest BCUT2D eigenvalue weighted by molar-refractivity contribution is 6.30.